The maximum Gasteiger partial charge on any atom is 0.255 e. The van der Waals surface area contributed by atoms with Crippen molar-refractivity contribution >= 4 is 34.9 Å². The Kier molecular flexibility index (Phi) is 6.41. The van der Waals surface area contributed by atoms with Gasteiger partial charge in [-0.2, -0.15) is 0 Å². The first-order chi connectivity index (χ1) is 13.4. The first-order valence-corrected chi connectivity index (χ1v) is 10.6. The first kappa shape index (κ1) is 20.4. The molecule has 0 unspecified atom stereocenters. The van der Waals surface area contributed by atoms with Crippen LogP contribution in [0.4, 0.5) is 0 Å². The Bertz CT molecular complexity index is 910. The Hall–Kier alpha value is -2.32. The Morgan fingerprint density at radius 2 is 2.21 bits per heavy atom. The average Bonchev–Trinajstić information content (AvgIpc) is 3.31. The maximum atomic E-state index is 12.9. The fourth-order valence-electron chi connectivity index (χ4n) is 3.09. The number of aryl methyl sites for hydroxylation is 2. The van der Waals surface area contributed by atoms with Gasteiger partial charge in [0.05, 0.1) is 28.1 Å². The Morgan fingerprint density at radius 3 is 2.86 bits per heavy atom. The average molecular weight is 418 g/mol. The number of ether oxygens (including phenoxy) is 1. The number of methoxy groups -OCH3 is 1. The second-order valence-electron chi connectivity index (χ2n) is 6.57. The topological polar surface area (TPSA) is 71.5 Å². The Morgan fingerprint density at radius 1 is 1.43 bits per heavy atom. The van der Waals surface area contributed by atoms with Gasteiger partial charge in [-0.05, 0) is 44.0 Å². The molecule has 0 aliphatic carbocycles. The molecule has 8 heteroatoms. The Balaban J connectivity index is 1.77. The van der Waals surface area contributed by atoms with Gasteiger partial charge in [-0.25, -0.2) is 4.98 Å². The molecule has 1 aliphatic rings. The molecule has 1 atom stereocenters. The molecule has 0 spiro atoms. The summed E-state index contributed by atoms with van der Waals surface area (Å²) in [6.45, 7) is 8.59. The van der Waals surface area contributed by atoms with Crippen molar-refractivity contribution in [1.82, 2.24) is 15.2 Å². The summed E-state index contributed by atoms with van der Waals surface area (Å²) in [6.07, 6.45) is 3.87. The van der Waals surface area contributed by atoms with E-state index >= 15 is 0 Å². The van der Waals surface area contributed by atoms with Crippen LogP contribution in [0, 0.1) is 13.8 Å². The van der Waals surface area contributed by atoms with Crippen LogP contribution in [0.25, 0.3) is 0 Å². The van der Waals surface area contributed by atoms with E-state index in [2.05, 4.69) is 16.9 Å². The number of benzene rings is 1. The molecule has 1 aromatic carbocycles. The van der Waals surface area contributed by atoms with E-state index in [1.165, 1.54) is 6.08 Å². The third-order valence-corrected chi connectivity index (χ3v) is 6.74. The van der Waals surface area contributed by atoms with Crippen molar-refractivity contribution in [1.29, 1.82) is 0 Å². The molecular formula is C20H23N3O3S2. The van der Waals surface area contributed by atoms with Crippen LogP contribution in [0.2, 0.25) is 0 Å². The summed E-state index contributed by atoms with van der Waals surface area (Å²) in [5.74, 6) is 0.233. The third-order valence-electron chi connectivity index (χ3n) is 4.56. The molecule has 2 amide bonds. The SMILES string of the molecule is C=CC(=O)N1CC[C@@H](NC(=O)c2cc(Sc3cnc(C)s3)c(C)cc2OC)C1. The molecule has 28 heavy (non-hydrogen) atoms. The van der Waals surface area contributed by atoms with Gasteiger partial charge in [0.25, 0.3) is 5.91 Å². The zero-order valence-corrected chi connectivity index (χ0v) is 17.8. The number of nitrogens with zero attached hydrogens (tertiary/aromatic N) is 2. The van der Waals surface area contributed by atoms with Crippen molar-refractivity contribution in [2.75, 3.05) is 20.2 Å². The van der Waals surface area contributed by atoms with Crippen LogP contribution in [-0.2, 0) is 4.79 Å². The number of likely N-dealkylation sites (tertiary alicyclic amines) is 1. The number of hydrogen-bond donors (Lipinski definition) is 1. The summed E-state index contributed by atoms with van der Waals surface area (Å²) in [5, 5.41) is 4.03. The largest absolute Gasteiger partial charge is 0.496 e. The number of carbonyl (C=O) groups excluding carboxylic acids is 2. The van der Waals surface area contributed by atoms with E-state index in [-0.39, 0.29) is 17.9 Å². The van der Waals surface area contributed by atoms with Gasteiger partial charge in [-0.15, -0.1) is 11.3 Å². The third kappa shape index (κ3) is 4.56. The molecule has 2 aromatic rings. The number of amides is 2. The van der Waals surface area contributed by atoms with Crippen molar-refractivity contribution in [3.8, 4) is 5.75 Å². The molecule has 3 rings (SSSR count). The molecule has 1 aliphatic heterocycles. The molecule has 148 valence electrons. The highest BCUT2D eigenvalue weighted by atomic mass is 32.2. The highest BCUT2D eigenvalue weighted by Crippen LogP contribution is 2.37. The highest BCUT2D eigenvalue weighted by molar-refractivity contribution is 8.01. The van der Waals surface area contributed by atoms with Crippen LogP contribution in [0.15, 0.2) is 40.1 Å². The summed E-state index contributed by atoms with van der Waals surface area (Å²) in [7, 11) is 1.56. The summed E-state index contributed by atoms with van der Waals surface area (Å²) in [5.41, 5.74) is 1.53. The minimum atomic E-state index is -0.197. The number of hydrogen-bond acceptors (Lipinski definition) is 6. The maximum absolute atomic E-state index is 12.9. The van der Waals surface area contributed by atoms with Gasteiger partial charge < -0.3 is 15.0 Å². The second kappa shape index (κ2) is 8.79. The summed E-state index contributed by atoms with van der Waals surface area (Å²) >= 11 is 3.21. The lowest BCUT2D eigenvalue weighted by atomic mass is 10.1. The predicted octanol–water partition coefficient (Wildman–Crippen LogP) is 3.44. The van der Waals surface area contributed by atoms with Gasteiger partial charge in [0.15, 0.2) is 0 Å². The highest BCUT2D eigenvalue weighted by Gasteiger charge is 2.27. The van der Waals surface area contributed by atoms with E-state index in [9.17, 15) is 9.59 Å². The fourth-order valence-corrected chi connectivity index (χ4v) is 5.10. The van der Waals surface area contributed by atoms with Crippen LogP contribution in [0.3, 0.4) is 0 Å². The van der Waals surface area contributed by atoms with Crippen LogP contribution < -0.4 is 10.1 Å². The van der Waals surface area contributed by atoms with Crippen molar-refractivity contribution in [3.63, 3.8) is 0 Å². The van der Waals surface area contributed by atoms with Crippen LogP contribution in [0.1, 0.15) is 27.3 Å². The molecule has 0 saturated carbocycles. The van der Waals surface area contributed by atoms with Crippen LogP contribution in [0.5, 0.6) is 5.75 Å². The van der Waals surface area contributed by atoms with Gasteiger partial charge in [0.2, 0.25) is 5.91 Å². The van der Waals surface area contributed by atoms with E-state index < -0.39 is 0 Å². The van der Waals surface area contributed by atoms with Crippen molar-refractivity contribution in [2.45, 2.75) is 35.4 Å². The fraction of sp³-hybridized carbons (Fsp3) is 0.350. The normalized spacial score (nSPS) is 16.1. The molecule has 1 fully saturated rings. The van der Waals surface area contributed by atoms with Gasteiger partial charge >= 0.3 is 0 Å². The van der Waals surface area contributed by atoms with Crippen LogP contribution >= 0.6 is 23.1 Å². The lowest BCUT2D eigenvalue weighted by molar-refractivity contribution is -0.125. The predicted molar refractivity (Wildman–Crippen MR) is 111 cm³/mol. The first-order valence-electron chi connectivity index (χ1n) is 8.92. The lowest BCUT2D eigenvalue weighted by Gasteiger charge is -2.17. The van der Waals surface area contributed by atoms with Gasteiger partial charge in [0, 0.05) is 24.0 Å². The molecule has 0 bridgehead atoms. The minimum absolute atomic E-state index is 0.0809. The van der Waals surface area contributed by atoms with Crippen molar-refractivity contribution in [2.24, 2.45) is 0 Å². The summed E-state index contributed by atoms with van der Waals surface area (Å²) in [4.78, 5) is 31.6. The minimum Gasteiger partial charge on any atom is -0.496 e. The van der Waals surface area contributed by atoms with E-state index in [0.717, 1.165) is 26.1 Å². The second-order valence-corrected chi connectivity index (χ2v) is 9.14. The monoisotopic (exact) mass is 417 g/mol. The molecule has 1 N–H and O–H groups in total. The molecule has 2 heterocycles. The smallest absolute Gasteiger partial charge is 0.255 e. The summed E-state index contributed by atoms with van der Waals surface area (Å²) in [6, 6.07) is 3.67. The molecule has 0 radical (unpaired) electrons. The van der Waals surface area contributed by atoms with Gasteiger partial charge in [-0.1, -0.05) is 18.3 Å². The van der Waals surface area contributed by atoms with Crippen molar-refractivity contribution in [3.05, 3.63) is 47.1 Å². The van der Waals surface area contributed by atoms with E-state index in [4.69, 9.17) is 4.74 Å². The van der Waals surface area contributed by atoms with E-state index in [1.54, 1.807) is 35.1 Å². The van der Waals surface area contributed by atoms with Crippen molar-refractivity contribution < 1.29 is 14.3 Å². The van der Waals surface area contributed by atoms with E-state index in [1.807, 2.05) is 32.2 Å². The lowest BCUT2D eigenvalue weighted by Crippen LogP contribution is -2.38. The number of thiazole rings is 1. The Labute approximate surface area is 173 Å². The quantitative estimate of drug-likeness (QED) is 0.729. The summed E-state index contributed by atoms with van der Waals surface area (Å²) < 4.78 is 6.52. The number of aromatic nitrogens is 1. The van der Waals surface area contributed by atoms with Gasteiger partial charge in [-0.3, -0.25) is 9.59 Å². The number of carbonyl (C=O) groups is 2. The zero-order chi connectivity index (χ0) is 20.3. The molecule has 6 nitrogen and oxygen atoms in total. The van der Waals surface area contributed by atoms with Gasteiger partial charge in [0.1, 0.15) is 5.75 Å². The number of nitrogens with one attached hydrogen (secondary N) is 1. The molecular weight excluding hydrogens is 394 g/mol. The zero-order valence-electron chi connectivity index (χ0n) is 16.2. The molecule has 1 saturated heterocycles. The number of rotatable bonds is 6. The standard InChI is InChI=1S/C20H23N3O3S2/c1-5-18(24)23-7-6-14(11-23)22-20(25)15-9-17(12(2)8-16(15)26-4)28-19-10-21-13(3)27-19/h5,8-10,14H,1,6-7,11H2,2-4H3,(H,22,25)/t14-/m1/s1. The molecule has 1 aromatic heterocycles. The van der Waals surface area contributed by atoms with Crippen LogP contribution in [-0.4, -0.2) is 47.9 Å². The van der Waals surface area contributed by atoms with E-state index in [0.29, 0.717) is 24.4 Å².